The summed E-state index contributed by atoms with van der Waals surface area (Å²) in [5, 5.41) is 6.13. The number of sulfone groups is 1. The number of guanidine groups is 1. The summed E-state index contributed by atoms with van der Waals surface area (Å²) in [6, 6.07) is 0. The first-order valence-electron chi connectivity index (χ1n) is 9.55. The van der Waals surface area contributed by atoms with Crippen molar-refractivity contribution in [1.29, 1.82) is 0 Å². The van der Waals surface area contributed by atoms with Gasteiger partial charge in [-0.05, 0) is 18.3 Å². The van der Waals surface area contributed by atoms with Gasteiger partial charge in [-0.1, -0.05) is 12.2 Å². The number of carbonyl (C=O) groups excluding carboxylic acids is 2. The van der Waals surface area contributed by atoms with E-state index in [4.69, 9.17) is 4.74 Å². The number of ether oxygens (including phenoxy) is 1. The normalized spacial score (nSPS) is 27.9. The van der Waals surface area contributed by atoms with Gasteiger partial charge in [0.05, 0.1) is 30.8 Å². The van der Waals surface area contributed by atoms with Crippen LogP contribution < -0.4 is 10.6 Å². The monoisotopic (exact) mass is 540 g/mol. The van der Waals surface area contributed by atoms with Crippen molar-refractivity contribution in [2.75, 3.05) is 51.9 Å². The molecule has 2 amide bonds. The lowest BCUT2D eigenvalue weighted by molar-refractivity contribution is -0.140. The summed E-state index contributed by atoms with van der Waals surface area (Å²) in [7, 11) is -1.39. The molecule has 4 atom stereocenters. The predicted molar refractivity (Wildman–Crippen MR) is 120 cm³/mol. The van der Waals surface area contributed by atoms with Crippen LogP contribution in [0, 0.1) is 23.7 Å². The van der Waals surface area contributed by atoms with E-state index in [1.54, 1.807) is 7.05 Å². The van der Waals surface area contributed by atoms with Crippen LogP contribution in [0.25, 0.3) is 0 Å². The predicted octanol–water partition coefficient (Wildman–Crippen LogP) is -0.362. The first-order chi connectivity index (χ1) is 13.3. The SMILES string of the molecule is CN=C(NCCOCCS(C)(=O)=O)NCCN1C(=O)C2C3C=CC(C3)C2C1=O.I. The third-order valence-electron chi connectivity index (χ3n) is 5.55. The van der Waals surface area contributed by atoms with Crippen LogP contribution in [-0.4, -0.2) is 83.0 Å². The molecule has 0 aromatic rings. The van der Waals surface area contributed by atoms with Crippen LogP contribution in [0.1, 0.15) is 6.42 Å². The average Bonchev–Trinajstić information content (AvgIpc) is 3.31. The molecule has 0 radical (unpaired) electrons. The van der Waals surface area contributed by atoms with Gasteiger partial charge < -0.3 is 15.4 Å². The Morgan fingerprint density at radius 3 is 2.28 bits per heavy atom. The number of amides is 2. The van der Waals surface area contributed by atoms with Crippen molar-refractivity contribution in [3.05, 3.63) is 12.2 Å². The number of halogens is 1. The first-order valence-corrected chi connectivity index (χ1v) is 11.6. The number of carbonyl (C=O) groups is 2. The minimum Gasteiger partial charge on any atom is -0.379 e. The van der Waals surface area contributed by atoms with E-state index in [0.717, 1.165) is 6.42 Å². The van der Waals surface area contributed by atoms with Crippen LogP contribution in [0.15, 0.2) is 17.1 Å². The van der Waals surface area contributed by atoms with Crippen molar-refractivity contribution in [1.82, 2.24) is 15.5 Å². The van der Waals surface area contributed by atoms with E-state index in [9.17, 15) is 18.0 Å². The lowest BCUT2D eigenvalue weighted by Crippen LogP contribution is -2.44. The Kier molecular flexibility index (Phi) is 8.47. The summed E-state index contributed by atoms with van der Waals surface area (Å²) in [6.45, 7) is 1.69. The quantitative estimate of drug-likeness (QED) is 0.102. The van der Waals surface area contributed by atoms with Gasteiger partial charge in [-0.15, -0.1) is 24.0 Å². The maximum absolute atomic E-state index is 12.6. The molecule has 3 aliphatic rings. The van der Waals surface area contributed by atoms with E-state index in [0.29, 0.717) is 32.2 Å². The molecule has 2 fully saturated rings. The van der Waals surface area contributed by atoms with Crippen LogP contribution >= 0.6 is 24.0 Å². The molecule has 29 heavy (non-hydrogen) atoms. The van der Waals surface area contributed by atoms with Gasteiger partial charge in [-0.2, -0.15) is 0 Å². The molecule has 1 heterocycles. The zero-order chi connectivity index (χ0) is 20.3. The Balaban J connectivity index is 0.00000300. The molecule has 2 N–H and O–H groups in total. The van der Waals surface area contributed by atoms with Crippen molar-refractivity contribution in [2.24, 2.45) is 28.7 Å². The van der Waals surface area contributed by atoms with Gasteiger partial charge in [0.15, 0.2) is 5.96 Å². The Hall–Kier alpha value is -1.21. The fraction of sp³-hybridized carbons (Fsp3) is 0.722. The fourth-order valence-electron chi connectivity index (χ4n) is 4.25. The van der Waals surface area contributed by atoms with Crippen molar-refractivity contribution >= 4 is 51.6 Å². The Morgan fingerprint density at radius 1 is 1.14 bits per heavy atom. The van der Waals surface area contributed by atoms with Gasteiger partial charge in [-0.3, -0.25) is 19.5 Å². The molecule has 11 heteroatoms. The van der Waals surface area contributed by atoms with E-state index >= 15 is 0 Å². The molecule has 3 rings (SSSR count). The summed E-state index contributed by atoms with van der Waals surface area (Å²) in [5.41, 5.74) is 0. The second kappa shape index (κ2) is 10.2. The molecular formula is C18H29IN4O5S. The zero-order valence-corrected chi connectivity index (χ0v) is 19.8. The smallest absolute Gasteiger partial charge is 0.233 e. The molecule has 0 aromatic heterocycles. The second-order valence-corrected chi connectivity index (χ2v) is 9.76. The number of hydrogen-bond donors (Lipinski definition) is 2. The molecule has 0 spiro atoms. The maximum Gasteiger partial charge on any atom is 0.233 e. The topological polar surface area (TPSA) is 117 Å². The van der Waals surface area contributed by atoms with E-state index < -0.39 is 9.84 Å². The zero-order valence-electron chi connectivity index (χ0n) is 16.7. The van der Waals surface area contributed by atoms with Gasteiger partial charge in [0.2, 0.25) is 11.8 Å². The lowest BCUT2D eigenvalue weighted by atomic mass is 9.85. The highest BCUT2D eigenvalue weighted by Crippen LogP contribution is 2.52. The molecule has 1 saturated heterocycles. The van der Waals surface area contributed by atoms with Gasteiger partial charge >= 0.3 is 0 Å². The molecule has 4 unspecified atom stereocenters. The molecule has 2 bridgehead atoms. The Morgan fingerprint density at radius 2 is 1.72 bits per heavy atom. The van der Waals surface area contributed by atoms with Crippen LogP contribution in [0.4, 0.5) is 0 Å². The first kappa shape index (κ1) is 24.1. The number of aliphatic imine (C=N–C) groups is 1. The van der Waals surface area contributed by atoms with Gasteiger partial charge in [0.25, 0.3) is 0 Å². The summed E-state index contributed by atoms with van der Waals surface area (Å²) in [5.74, 6) is 0.562. The molecule has 2 aliphatic carbocycles. The molecular weight excluding hydrogens is 511 g/mol. The maximum atomic E-state index is 12.6. The highest BCUT2D eigenvalue weighted by Gasteiger charge is 2.58. The third kappa shape index (κ3) is 5.69. The van der Waals surface area contributed by atoms with Crippen LogP contribution in [0.5, 0.6) is 0 Å². The van der Waals surface area contributed by atoms with Crippen LogP contribution in [-0.2, 0) is 24.2 Å². The standard InChI is InChI=1S/C18H28N4O5S.HI/c1-19-18(21-6-8-27-9-10-28(2,25)26)20-5-7-22-16(23)14-12-3-4-13(11-12)15(14)17(22)24;/h3-4,12-15H,5-11H2,1-2H3,(H2,19,20,21);1H. The van der Waals surface area contributed by atoms with Crippen LogP contribution in [0.3, 0.4) is 0 Å². The molecule has 1 saturated carbocycles. The van der Waals surface area contributed by atoms with Crippen molar-refractivity contribution < 1.29 is 22.7 Å². The van der Waals surface area contributed by atoms with Crippen molar-refractivity contribution in [3.8, 4) is 0 Å². The van der Waals surface area contributed by atoms with Gasteiger partial charge in [0, 0.05) is 32.9 Å². The summed E-state index contributed by atoms with van der Waals surface area (Å²) in [6.07, 6.45) is 6.28. The van der Waals surface area contributed by atoms with Crippen LogP contribution in [0.2, 0.25) is 0 Å². The minimum absolute atomic E-state index is 0. The summed E-state index contributed by atoms with van der Waals surface area (Å²) >= 11 is 0. The van der Waals surface area contributed by atoms with E-state index in [-0.39, 0.29) is 71.8 Å². The second-order valence-electron chi connectivity index (χ2n) is 7.50. The highest BCUT2D eigenvalue weighted by atomic mass is 127. The summed E-state index contributed by atoms with van der Waals surface area (Å²) < 4.78 is 27.3. The van der Waals surface area contributed by atoms with Crippen molar-refractivity contribution in [2.45, 2.75) is 6.42 Å². The third-order valence-corrected chi connectivity index (χ3v) is 6.46. The van der Waals surface area contributed by atoms with E-state index in [2.05, 4.69) is 27.8 Å². The Bertz CT molecular complexity index is 755. The minimum atomic E-state index is -3.02. The average molecular weight is 540 g/mol. The number of nitrogens with zero attached hydrogens (tertiary/aromatic N) is 2. The molecule has 9 nitrogen and oxygen atoms in total. The summed E-state index contributed by atoms with van der Waals surface area (Å²) in [4.78, 5) is 30.7. The highest BCUT2D eigenvalue weighted by molar-refractivity contribution is 14.0. The fourth-order valence-corrected chi connectivity index (χ4v) is 4.67. The number of likely N-dealkylation sites (tertiary alicyclic amines) is 1. The number of hydrogen-bond acceptors (Lipinski definition) is 6. The van der Waals surface area contributed by atoms with Crippen molar-refractivity contribution in [3.63, 3.8) is 0 Å². The largest absolute Gasteiger partial charge is 0.379 e. The van der Waals surface area contributed by atoms with E-state index in [1.807, 2.05) is 0 Å². The molecule has 1 aliphatic heterocycles. The number of rotatable bonds is 9. The number of imide groups is 1. The van der Waals surface area contributed by atoms with E-state index in [1.165, 1.54) is 11.2 Å². The number of fused-ring (bicyclic) bond motifs is 5. The Labute approximate surface area is 188 Å². The van der Waals surface area contributed by atoms with Gasteiger partial charge in [-0.25, -0.2) is 8.42 Å². The number of nitrogens with one attached hydrogen (secondary N) is 2. The number of allylic oxidation sites excluding steroid dienone is 2. The lowest BCUT2D eigenvalue weighted by Gasteiger charge is -2.18. The molecule has 164 valence electrons. The van der Waals surface area contributed by atoms with Gasteiger partial charge in [0.1, 0.15) is 9.84 Å². The molecule has 0 aromatic carbocycles.